The molecular weight excluding hydrogens is 551 g/mol. The van der Waals surface area contributed by atoms with E-state index >= 15 is 0 Å². The van der Waals surface area contributed by atoms with Crippen molar-refractivity contribution in [2.45, 2.75) is 32.2 Å². The summed E-state index contributed by atoms with van der Waals surface area (Å²) in [5.41, 5.74) is 1.95. The van der Waals surface area contributed by atoms with E-state index in [-0.39, 0.29) is 13.1 Å². The van der Waals surface area contributed by atoms with Crippen LogP contribution in [-0.4, -0.2) is 45.3 Å². The molecule has 0 saturated carbocycles. The van der Waals surface area contributed by atoms with Crippen molar-refractivity contribution in [1.82, 2.24) is 10.2 Å². The van der Waals surface area contributed by atoms with Gasteiger partial charge in [-0.25, -0.2) is 9.79 Å². The van der Waals surface area contributed by atoms with Crippen molar-refractivity contribution >= 4 is 11.9 Å². The molecule has 1 unspecified atom stereocenters. The third kappa shape index (κ3) is 6.45. The molecule has 222 valence electrons. The van der Waals surface area contributed by atoms with Crippen LogP contribution >= 0.6 is 0 Å². The molecule has 0 saturated heterocycles. The third-order valence-electron chi connectivity index (χ3n) is 6.88. The van der Waals surface area contributed by atoms with Gasteiger partial charge in [0.15, 0.2) is 17.5 Å². The lowest BCUT2D eigenvalue weighted by molar-refractivity contribution is -0.138. The molecule has 1 atom stereocenters. The van der Waals surface area contributed by atoms with E-state index in [4.69, 9.17) is 23.9 Å². The third-order valence-corrected chi connectivity index (χ3v) is 6.88. The van der Waals surface area contributed by atoms with Gasteiger partial charge in [0.25, 0.3) is 0 Å². The lowest BCUT2D eigenvalue weighted by atomic mass is 9.94. The number of aliphatic imine (C=N–C) groups is 1. The summed E-state index contributed by atoms with van der Waals surface area (Å²) in [7, 11) is 5.82. The molecule has 11 heteroatoms. The number of nitrogens with one attached hydrogen (secondary N) is 1. The Morgan fingerprint density at radius 2 is 1.57 bits per heavy atom. The van der Waals surface area contributed by atoms with Crippen molar-refractivity contribution in [3.63, 3.8) is 0 Å². The van der Waals surface area contributed by atoms with Crippen LogP contribution < -0.4 is 19.5 Å². The van der Waals surface area contributed by atoms with Gasteiger partial charge >= 0.3 is 12.1 Å². The van der Waals surface area contributed by atoms with Crippen molar-refractivity contribution in [1.29, 1.82) is 0 Å². The second-order valence-electron chi connectivity index (χ2n) is 9.44. The first-order chi connectivity index (χ1) is 20.1. The number of methoxy groups -OCH3 is 4. The van der Waals surface area contributed by atoms with Crippen molar-refractivity contribution in [2.75, 3.05) is 28.4 Å². The summed E-state index contributed by atoms with van der Waals surface area (Å²) in [6.07, 6.45) is -4.50. The van der Waals surface area contributed by atoms with Crippen molar-refractivity contribution in [2.24, 2.45) is 4.99 Å². The van der Waals surface area contributed by atoms with E-state index in [2.05, 4.69) is 5.32 Å². The van der Waals surface area contributed by atoms with Gasteiger partial charge in [-0.05, 0) is 47.9 Å². The highest BCUT2D eigenvalue weighted by Gasteiger charge is 2.36. The number of alkyl halides is 3. The van der Waals surface area contributed by atoms with Crippen LogP contribution in [0.4, 0.5) is 13.2 Å². The molecule has 0 bridgehead atoms. The van der Waals surface area contributed by atoms with Crippen LogP contribution in [0.25, 0.3) is 0 Å². The maximum atomic E-state index is 13.5. The largest absolute Gasteiger partial charge is 0.493 e. The van der Waals surface area contributed by atoms with Gasteiger partial charge in [0, 0.05) is 5.70 Å². The molecule has 0 aromatic heterocycles. The van der Waals surface area contributed by atoms with E-state index in [1.54, 1.807) is 30.0 Å². The fourth-order valence-electron chi connectivity index (χ4n) is 4.81. The first kappa shape index (κ1) is 30.3. The van der Waals surface area contributed by atoms with Crippen molar-refractivity contribution in [3.8, 4) is 17.2 Å². The van der Waals surface area contributed by atoms with E-state index in [0.29, 0.717) is 40.0 Å². The predicted molar refractivity (Wildman–Crippen MR) is 151 cm³/mol. The Bertz CT molecular complexity index is 1460. The summed E-state index contributed by atoms with van der Waals surface area (Å²) in [4.78, 5) is 19.6. The number of guanidine groups is 1. The molecule has 8 nitrogen and oxygen atoms in total. The normalized spacial score (nSPS) is 16.2. The van der Waals surface area contributed by atoms with Gasteiger partial charge in [-0.1, -0.05) is 42.5 Å². The average molecular weight is 584 g/mol. The van der Waals surface area contributed by atoms with Gasteiger partial charge in [0.1, 0.15) is 0 Å². The number of carbonyl (C=O) groups is 1. The quantitative estimate of drug-likeness (QED) is 0.315. The van der Waals surface area contributed by atoms with Gasteiger partial charge in [0.05, 0.1) is 58.7 Å². The maximum absolute atomic E-state index is 13.5. The van der Waals surface area contributed by atoms with Crippen molar-refractivity contribution in [3.05, 3.63) is 100 Å². The highest BCUT2D eigenvalue weighted by molar-refractivity contribution is 5.96. The van der Waals surface area contributed by atoms with Crippen LogP contribution in [-0.2, 0) is 28.8 Å². The summed E-state index contributed by atoms with van der Waals surface area (Å²) >= 11 is 0. The number of halogens is 3. The minimum absolute atomic E-state index is 0.0127. The summed E-state index contributed by atoms with van der Waals surface area (Å²) in [5.74, 6) is 1.14. The molecule has 1 aliphatic heterocycles. The fourth-order valence-corrected chi connectivity index (χ4v) is 4.81. The van der Waals surface area contributed by atoms with Crippen molar-refractivity contribution < 1.29 is 36.9 Å². The van der Waals surface area contributed by atoms with Gasteiger partial charge < -0.3 is 29.2 Å². The van der Waals surface area contributed by atoms with Gasteiger partial charge in [-0.3, -0.25) is 0 Å². The lowest BCUT2D eigenvalue weighted by Gasteiger charge is -2.38. The summed E-state index contributed by atoms with van der Waals surface area (Å²) < 4.78 is 61.9. The zero-order valence-corrected chi connectivity index (χ0v) is 23.9. The average Bonchev–Trinajstić information content (AvgIpc) is 3.00. The van der Waals surface area contributed by atoms with Crippen LogP contribution in [0.3, 0.4) is 0 Å². The van der Waals surface area contributed by atoms with Gasteiger partial charge in [-0.15, -0.1) is 0 Å². The highest BCUT2D eigenvalue weighted by Crippen LogP contribution is 2.39. The predicted octanol–water partition coefficient (Wildman–Crippen LogP) is 5.88. The smallest absolute Gasteiger partial charge is 0.416 e. The number of hydrogen-bond donors (Lipinski definition) is 1. The van der Waals surface area contributed by atoms with Crippen LogP contribution in [0.15, 0.2) is 83.0 Å². The second-order valence-corrected chi connectivity index (χ2v) is 9.44. The summed E-state index contributed by atoms with van der Waals surface area (Å²) in [6.45, 7) is 1.89. The molecule has 42 heavy (non-hydrogen) atoms. The monoisotopic (exact) mass is 583 g/mol. The topological polar surface area (TPSA) is 81.6 Å². The van der Waals surface area contributed by atoms with E-state index in [0.717, 1.165) is 23.3 Å². The molecule has 3 aromatic carbocycles. The van der Waals surface area contributed by atoms with E-state index in [9.17, 15) is 18.0 Å². The Labute approximate surface area is 242 Å². The Morgan fingerprint density at radius 3 is 2.14 bits per heavy atom. The maximum Gasteiger partial charge on any atom is 0.416 e. The number of benzene rings is 3. The van der Waals surface area contributed by atoms with Crippen LogP contribution in [0, 0.1) is 0 Å². The highest BCUT2D eigenvalue weighted by atomic mass is 19.4. The molecule has 1 heterocycles. The van der Waals surface area contributed by atoms with Crippen LogP contribution in [0.2, 0.25) is 0 Å². The van der Waals surface area contributed by atoms with E-state index in [1.807, 2.05) is 30.3 Å². The standard InChI is InChI=1S/C31H32F3N3O5/c1-19-26(29(38)42-5)27(22-11-7-6-8-12-22)36-30(37(19)18-20-10-9-13-23(14-20)31(32,33)34)35-17-21-15-24(39-2)28(41-4)25(16-21)40-3/h6-16,27H,17-18H2,1-5H3,(H,35,36). The zero-order chi connectivity index (χ0) is 30.4. The molecule has 3 aromatic rings. The zero-order valence-electron chi connectivity index (χ0n) is 23.9. The molecule has 0 amide bonds. The number of hydrogen-bond acceptors (Lipinski definition) is 6. The molecule has 4 rings (SSSR count). The number of ether oxygens (including phenoxy) is 4. The SMILES string of the molecule is COC(=O)C1=C(C)N(Cc2cccc(C(F)(F)F)c2)C(=NCc2cc(OC)c(OC)c(OC)c2)NC1c1ccccc1. The van der Waals surface area contributed by atoms with Crippen LogP contribution in [0.1, 0.15) is 35.2 Å². The molecular formula is C31H32F3N3O5. The Hall–Kier alpha value is -4.67. The van der Waals surface area contributed by atoms with E-state index < -0.39 is 23.8 Å². The lowest BCUT2D eigenvalue weighted by Crippen LogP contribution is -2.48. The molecule has 1 N–H and O–H groups in total. The molecule has 0 fully saturated rings. The first-order valence-corrected chi connectivity index (χ1v) is 13.0. The second kappa shape index (κ2) is 12.9. The number of allylic oxidation sites excluding steroid dienone is 1. The number of esters is 1. The fraction of sp³-hybridized carbons (Fsp3) is 0.290. The van der Waals surface area contributed by atoms with Gasteiger partial charge in [0.2, 0.25) is 5.75 Å². The Balaban J connectivity index is 1.83. The molecule has 0 radical (unpaired) electrons. The first-order valence-electron chi connectivity index (χ1n) is 13.0. The minimum Gasteiger partial charge on any atom is -0.493 e. The molecule has 0 spiro atoms. The van der Waals surface area contributed by atoms with E-state index in [1.165, 1.54) is 34.5 Å². The number of carbonyl (C=O) groups excluding carboxylic acids is 1. The Kier molecular flexibility index (Phi) is 9.29. The summed E-state index contributed by atoms with van der Waals surface area (Å²) in [6, 6.07) is 17.3. The molecule has 1 aliphatic rings. The summed E-state index contributed by atoms with van der Waals surface area (Å²) in [5, 5.41) is 3.34. The number of rotatable bonds is 9. The molecule has 0 aliphatic carbocycles. The van der Waals surface area contributed by atoms with Gasteiger partial charge in [-0.2, -0.15) is 13.2 Å². The Morgan fingerprint density at radius 1 is 0.905 bits per heavy atom. The minimum atomic E-state index is -4.50. The van der Waals surface area contributed by atoms with Crippen LogP contribution in [0.5, 0.6) is 17.2 Å². The number of nitrogens with zero attached hydrogens (tertiary/aromatic N) is 2.